The Balaban J connectivity index is 2.29. The Hall–Kier alpha value is -2.56. The van der Waals surface area contributed by atoms with Crippen molar-refractivity contribution in [3.8, 4) is 5.69 Å². The number of nitrogens with zero attached hydrogens (tertiary/aromatic N) is 2. The summed E-state index contributed by atoms with van der Waals surface area (Å²) in [5.41, 5.74) is 0.601. The predicted octanol–water partition coefficient (Wildman–Crippen LogP) is 3.12. The third-order valence-electron chi connectivity index (χ3n) is 2.89. The molecule has 0 aliphatic rings. The van der Waals surface area contributed by atoms with Crippen molar-refractivity contribution in [3.63, 3.8) is 0 Å². The predicted molar refractivity (Wildman–Crippen MR) is 66.4 cm³/mol. The van der Waals surface area contributed by atoms with Crippen molar-refractivity contribution in [2.75, 3.05) is 0 Å². The minimum absolute atomic E-state index is 0.0411. The molecule has 0 fully saturated rings. The first kappa shape index (κ1) is 11.5. The highest BCUT2D eigenvalue weighted by atomic mass is 19.1. The number of hydrogen-bond donors (Lipinski definition) is 0. The zero-order valence-corrected chi connectivity index (χ0v) is 9.68. The van der Waals surface area contributed by atoms with E-state index in [0.717, 1.165) is 0 Å². The van der Waals surface area contributed by atoms with Crippen LogP contribution in [0.2, 0.25) is 0 Å². The minimum Gasteiger partial charge on any atom is -0.298 e. The Bertz CT molecular complexity index is 780. The lowest BCUT2D eigenvalue weighted by atomic mass is 10.1. The summed E-state index contributed by atoms with van der Waals surface area (Å²) in [5.74, 6) is -1.10. The fourth-order valence-electron chi connectivity index (χ4n) is 1.97. The molecular weight excluding hydrogens is 250 g/mol. The zero-order chi connectivity index (χ0) is 13.4. The quantitative estimate of drug-likeness (QED) is 0.662. The first-order chi connectivity index (χ1) is 9.20. The van der Waals surface area contributed by atoms with Crippen LogP contribution in [0.1, 0.15) is 10.4 Å². The summed E-state index contributed by atoms with van der Waals surface area (Å²) >= 11 is 0. The third-order valence-corrected chi connectivity index (χ3v) is 2.89. The van der Waals surface area contributed by atoms with E-state index in [-0.39, 0.29) is 11.3 Å². The molecule has 0 bridgehead atoms. The Kier molecular flexibility index (Phi) is 2.59. The van der Waals surface area contributed by atoms with Gasteiger partial charge >= 0.3 is 0 Å². The highest BCUT2D eigenvalue weighted by molar-refractivity contribution is 5.88. The Morgan fingerprint density at radius 1 is 1.11 bits per heavy atom. The molecule has 3 rings (SSSR count). The van der Waals surface area contributed by atoms with Gasteiger partial charge in [0.15, 0.2) is 6.29 Å². The second kappa shape index (κ2) is 4.28. The van der Waals surface area contributed by atoms with Crippen molar-refractivity contribution in [1.82, 2.24) is 9.78 Å². The van der Waals surface area contributed by atoms with Crippen molar-refractivity contribution < 1.29 is 13.6 Å². The standard InChI is InChI=1S/C14H8F2N2O/c15-11-3-1-2-4-13(11)18-14-6-12(16)10(8-19)5-9(14)7-17-18/h1-8H. The van der Waals surface area contributed by atoms with E-state index in [4.69, 9.17) is 0 Å². The minimum atomic E-state index is -0.652. The molecule has 0 saturated heterocycles. The molecule has 0 aliphatic carbocycles. The molecule has 0 radical (unpaired) electrons. The number of benzene rings is 2. The molecule has 0 saturated carbocycles. The van der Waals surface area contributed by atoms with E-state index in [9.17, 15) is 13.6 Å². The van der Waals surface area contributed by atoms with Crippen LogP contribution < -0.4 is 0 Å². The number of rotatable bonds is 2. The van der Waals surface area contributed by atoms with Gasteiger partial charge in [-0.05, 0) is 18.2 Å². The van der Waals surface area contributed by atoms with Gasteiger partial charge in [-0.15, -0.1) is 0 Å². The molecule has 1 heterocycles. The molecule has 2 aromatic carbocycles. The summed E-state index contributed by atoms with van der Waals surface area (Å²) < 4.78 is 28.7. The van der Waals surface area contributed by atoms with E-state index >= 15 is 0 Å². The highest BCUT2D eigenvalue weighted by Crippen LogP contribution is 2.22. The first-order valence-corrected chi connectivity index (χ1v) is 5.58. The molecule has 0 spiro atoms. The van der Waals surface area contributed by atoms with Gasteiger partial charge < -0.3 is 0 Å². The molecule has 0 N–H and O–H groups in total. The third kappa shape index (κ3) is 1.79. The Morgan fingerprint density at radius 2 is 1.89 bits per heavy atom. The molecule has 3 nitrogen and oxygen atoms in total. The van der Waals surface area contributed by atoms with E-state index < -0.39 is 11.6 Å². The molecule has 0 amide bonds. The van der Waals surface area contributed by atoms with Gasteiger partial charge in [0.2, 0.25) is 0 Å². The van der Waals surface area contributed by atoms with Gasteiger partial charge in [-0.1, -0.05) is 12.1 Å². The summed E-state index contributed by atoms with van der Waals surface area (Å²) in [6, 6.07) is 8.66. The highest BCUT2D eigenvalue weighted by Gasteiger charge is 2.12. The van der Waals surface area contributed by atoms with Gasteiger partial charge in [-0.2, -0.15) is 5.10 Å². The summed E-state index contributed by atoms with van der Waals surface area (Å²) in [7, 11) is 0. The van der Waals surface area contributed by atoms with Crippen molar-refractivity contribution in [2.24, 2.45) is 0 Å². The van der Waals surface area contributed by atoms with Gasteiger partial charge in [0.25, 0.3) is 0 Å². The lowest BCUT2D eigenvalue weighted by Crippen LogP contribution is -1.99. The van der Waals surface area contributed by atoms with Crippen LogP contribution in [0.3, 0.4) is 0 Å². The monoisotopic (exact) mass is 258 g/mol. The van der Waals surface area contributed by atoms with Crippen LogP contribution in [-0.4, -0.2) is 16.1 Å². The topological polar surface area (TPSA) is 34.9 Å². The molecule has 5 heteroatoms. The summed E-state index contributed by atoms with van der Waals surface area (Å²) in [5, 5.41) is 4.61. The largest absolute Gasteiger partial charge is 0.298 e. The Morgan fingerprint density at radius 3 is 2.63 bits per heavy atom. The maximum absolute atomic E-state index is 13.7. The molecule has 3 aromatic rings. The second-order valence-corrected chi connectivity index (χ2v) is 4.06. The fraction of sp³-hybridized carbons (Fsp3) is 0. The number of fused-ring (bicyclic) bond motifs is 1. The molecule has 0 aliphatic heterocycles. The number of carbonyl (C=O) groups excluding carboxylic acids is 1. The average Bonchev–Trinajstić information content (AvgIpc) is 2.81. The summed E-state index contributed by atoms with van der Waals surface area (Å²) in [6.45, 7) is 0. The second-order valence-electron chi connectivity index (χ2n) is 4.06. The summed E-state index contributed by atoms with van der Waals surface area (Å²) in [6.07, 6.45) is 1.91. The zero-order valence-electron chi connectivity index (χ0n) is 9.68. The number of carbonyl (C=O) groups is 1. The lowest BCUT2D eigenvalue weighted by Gasteiger charge is -2.05. The van der Waals surface area contributed by atoms with Gasteiger partial charge in [0.1, 0.15) is 17.3 Å². The van der Waals surface area contributed by atoms with Gasteiger partial charge in [-0.3, -0.25) is 4.79 Å². The van der Waals surface area contributed by atoms with Crippen molar-refractivity contribution in [2.45, 2.75) is 0 Å². The molecule has 94 valence electrons. The van der Waals surface area contributed by atoms with Crippen molar-refractivity contribution in [1.29, 1.82) is 0 Å². The Labute approximate surface area is 107 Å². The molecular formula is C14H8F2N2O. The number of halogens is 2. The maximum Gasteiger partial charge on any atom is 0.153 e. The van der Waals surface area contributed by atoms with Crippen LogP contribution in [0.4, 0.5) is 8.78 Å². The van der Waals surface area contributed by atoms with Crippen molar-refractivity contribution >= 4 is 17.2 Å². The molecule has 0 atom stereocenters. The maximum atomic E-state index is 13.7. The van der Waals surface area contributed by atoms with Crippen LogP contribution in [0.5, 0.6) is 0 Å². The average molecular weight is 258 g/mol. The first-order valence-electron chi connectivity index (χ1n) is 5.58. The normalized spacial score (nSPS) is 10.8. The van der Waals surface area contributed by atoms with Crippen LogP contribution in [0.25, 0.3) is 16.6 Å². The number of aromatic nitrogens is 2. The van der Waals surface area contributed by atoms with Gasteiger partial charge in [-0.25, -0.2) is 13.5 Å². The van der Waals surface area contributed by atoms with Gasteiger partial charge in [0.05, 0.1) is 17.3 Å². The van der Waals surface area contributed by atoms with E-state index in [1.165, 1.54) is 29.1 Å². The van der Waals surface area contributed by atoms with Crippen LogP contribution in [-0.2, 0) is 0 Å². The summed E-state index contributed by atoms with van der Waals surface area (Å²) in [4.78, 5) is 10.7. The van der Waals surface area contributed by atoms with E-state index in [1.807, 2.05) is 0 Å². The van der Waals surface area contributed by atoms with Gasteiger partial charge in [0, 0.05) is 11.5 Å². The molecule has 0 unspecified atom stereocenters. The van der Waals surface area contributed by atoms with Crippen molar-refractivity contribution in [3.05, 3.63) is 59.8 Å². The van der Waals surface area contributed by atoms with E-state index in [2.05, 4.69) is 5.10 Å². The number of aldehydes is 1. The van der Waals surface area contributed by atoms with E-state index in [0.29, 0.717) is 17.2 Å². The SMILES string of the molecule is O=Cc1cc2cnn(-c3ccccc3F)c2cc1F. The van der Waals surface area contributed by atoms with E-state index in [1.54, 1.807) is 18.2 Å². The molecule has 1 aromatic heterocycles. The molecule has 19 heavy (non-hydrogen) atoms. The fourth-order valence-corrected chi connectivity index (χ4v) is 1.97. The lowest BCUT2D eigenvalue weighted by molar-refractivity contribution is 0.112. The number of para-hydroxylation sites is 1. The van der Waals surface area contributed by atoms with Crippen LogP contribution in [0.15, 0.2) is 42.6 Å². The smallest absolute Gasteiger partial charge is 0.153 e. The van der Waals surface area contributed by atoms with Crippen LogP contribution in [0, 0.1) is 11.6 Å². The number of hydrogen-bond acceptors (Lipinski definition) is 2. The van der Waals surface area contributed by atoms with Crippen LogP contribution >= 0.6 is 0 Å².